The summed E-state index contributed by atoms with van der Waals surface area (Å²) in [6, 6.07) is 3.27. The number of aliphatic hydroxyl groups excluding tert-OH is 3. The maximum absolute atomic E-state index is 10.3. The van der Waals surface area contributed by atoms with Gasteiger partial charge in [0.1, 0.15) is 16.9 Å². The fourth-order valence-corrected chi connectivity index (χ4v) is 3.94. The van der Waals surface area contributed by atoms with Crippen LogP contribution in [0.4, 0.5) is 17.5 Å². The van der Waals surface area contributed by atoms with Crippen LogP contribution >= 0.6 is 11.3 Å². The van der Waals surface area contributed by atoms with E-state index in [2.05, 4.69) is 30.6 Å². The van der Waals surface area contributed by atoms with Crippen molar-refractivity contribution in [2.45, 2.75) is 24.7 Å². The number of halogens is 1. The van der Waals surface area contributed by atoms with Crippen LogP contribution in [0.1, 0.15) is 6.42 Å². The van der Waals surface area contributed by atoms with E-state index >= 15 is 0 Å². The summed E-state index contributed by atoms with van der Waals surface area (Å²) in [5.41, 5.74) is 1.53. The van der Waals surface area contributed by atoms with Gasteiger partial charge in [-0.15, -0.1) is 11.3 Å². The van der Waals surface area contributed by atoms with Crippen LogP contribution in [0.15, 0.2) is 42.3 Å². The molecule has 0 saturated heterocycles. The molecule has 1 aliphatic rings. The molecule has 0 amide bonds. The Hall–Kier alpha value is -2.37. The molecular formula is C18H21ClN6O3S. The number of aromatic nitrogens is 4. The van der Waals surface area contributed by atoms with Gasteiger partial charge in [-0.2, -0.15) is 4.98 Å². The molecule has 1 saturated carbocycles. The van der Waals surface area contributed by atoms with E-state index in [1.54, 1.807) is 24.8 Å². The number of aliphatic hydroxyl groups is 3. The van der Waals surface area contributed by atoms with Crippen LogP contribution in [0.25, 0.3) is 10.6 Å². The molecule has 0 radical (unpaired) electrons. The van der Waals surface area contributed by atoms with Crippen molar-refractivity contribution in [2.75, 3.05) is 17.2 Å². The standard InChI is InChI=1S/C18H20N6O3S.ClH/c25-9-10-7-13(15(27)14(10)26)23-16-12(17-20-5-6-28-17)8-21-18(24-16)22-11-1-3-19-4-2-11;/h1-6,8,10,13-15,25-27H,7,9H2,(H2,19,21,22,23,24);1H/t10-,13-,14-,15+;/m1./s1. The van der Waals surface area contributed by atoms with Crippen LogP contribution in [-0.4, -0.2) is 55.1 Å². The van der Waals surface area contributed by atoms with E-state index in [1.807, 2.05) is 17.5 Å². The largest absolute Gasteiger partial charge is 1.00 e. The lowest BCUT2D eigenvalue weighted by Crippen LogP contribution is -3.00. The molecule has 3 heterocycles. The quantitative estimate of drug-likeness (QED) is 0.290. The van der Waals surface area contributed by atoms with E-state index < -0.39 is 18.2 Å². The summed E-state index contributed by atoms with van der Waals surface area (Å²) in [5.74, 6) is 0.515. The molecular weight excluding hydrogens is 416 g/mol. The highest BCUT2D eigenvalue weighted by atomic mass is 35.5. The van der Waals surface area contributed by atoms with Crippen LogP contribution < -0.4 is 28.0 Å². The number of anilines is 3. The maximum atomic E-state index is 10.3. The minimum absolute atomic E-state index is 0. The van der Waals surface area contributed by atoms with Gasteiger partial charge in [0.25, 0.3) is 0 Å². The molecule has 6 N–H and O–H groups in total. The van der Waals surface area contributed by atoms with Gasteiger partial charge in [0.2, 0.25) is 5.95 Å². The van der Waals surface area contributed by atoms with Gasteiger partial charge >= 0.3 is 0 Å². The topological polar surface area (TPSA) is 138 Å². The molecule has 4 rings (SSSR count). The summed E-state index contributed by atoms with van der Waals surface area (Å²) in [7, 11) is 0. The summed E-state index contributed by atoms with van der Waals surface area (Å²) in [5, 5.41) is 38.8. The van der Waals surface area contributed by atoms with Crippen LogP contribution in [0.5, 0.6) is 0 Å². The van der Waals surface area contributed by atoms with Gasteiger partial charge in [-0.05, 0) is 6.42 Å². The summed E-state index contributed by atoms with van der Waals surface area (Å²) in [6.45, 7) is -0.183. The van der Waals surface area contributed by atoms with E-state index in [0.717, 1.165) is 10.7 Å². The Labute approximate surface area is 177 Å². The SMILES string of the molecule is OC[C@H]1C[C@@H](Nc2nc(Nc3cc[nH+]cc3)ncc2-c2nccs2)[C@H](O)[C@@H]1O.[Cl-]. The predicted octanol–water partition coefficient (Wildman–Crippen LogP) is -2.32. The Morgan fingerprint density at radius 3 is 2.62 bits per heavy atom. The minimum atomic E-state index is -1.00. The molecule has 1 fully saturated rings. The fraction of sp³-hybridized carbons (Fsp3) is 0.333. The average Bonchev–Trinajstić information content (AvgIpc) is 3.33. The zero-order valence-electron chi connectivity index (χ0n) is 15.2. The Morgan fingerprint density at radius 1 is 1.17 bits per heavy atom. The fourth-order valence-electron chi connectivity index (χ4n) is 3.29. The van der Waals surface area contributed by atoms with Crippen LogP contribution in [0, 0.1) is 5.92 Å². The molecule has 3 aromatic rings. The van der Waals surface area contributed by atoms with Gasteiger partial charge < -0.3 is 38.4 Å². The molecule has 11 heteroatoms. The van der Waals surface area contributed by atoms with Crippen molar-refractivity contribution in [1.29, 1.82) is 0 Å². The number of hydrogen-bond acceptors (Lipinski definition) is 9. The normalized spacial score (nSPS) is 23.4. The lowest BCUT2D eigenvalue weighted by Gasteiger charge is -2.20. The number of rotatable bonds is 6. The smallest absolute Gasteiger partial charge is 0.229 e. The zero-order chi connectivity index (χ0) is 19.5. The van der Waals surface area contributed by atoms with Crippen LogP contribution in [-0.2, 0) is 0 Å². The Morgan fingerprint density at radius 2 is 1.97 bits per heavy atom. The second kappa shape index (κ2) is 9.42. The molecule has 0 spiro atoms. The molecule has 3 aromatic heterocycles. The highest BCUT2D eigenvalue weighted by molar-refractivity contribution is 7.13. The Kier molecular flexibility index (Phi) is 6.93. The maximum Gasteiger partial charge on any atom is 0.229 e. The van der Waals surface area contributed by atoms with E-state index in [-0.39, 0.29) is 24.9 Å². The molecule has 154 valence electrons. The lowest BCUT2D eigenvalue weighted by molar-refractivity contribution is -0.377. The highest BCUT2D eigenvalue weighted by Crippen LogP contribution is 2.33. The summed E-state index contributed by atoms with van der Waals surface area (Å²) in [4.78, 5) is 16.2. The van der Waals surface area contributed by atoms with Crippen molar-refractivity contribution in [3.05, 3.63) is 42.3 Å². The van der Waals surface area contributed by atoms with Gasteiger partial charge in [-0.3, -0.25) is 0 Å². The van der Waals surface area contributed by atoms with Crippen molar-refractivity contribution in [3.63, 3.8) is 0 Å². The monoisotopic (exact) mass is 436 g/mol. The third-order valence-electron chi connectivity index (χ3n) is 4.78. The van der Waals surface area contributed by atoms with Crippen molar-refractivity contribution in [1.82, 2.24) is 15.0 Å². The first kappa shape index (κ1) is 21.3. The Bertz CT molecular complexity index is 917. The van der Waals surface area contributed by atoms with Gasteiger partial charge in [-0.1, -0.05) is 0 Å². The number of H-pyrrole nitrogens is 1. The van der Waals surface area contributed by atoms with Gasteiger partial charge in [0.15, 0.2) is 12.4 Å². The number of hydrogen-bond donors (Lipinski definition) is 5. The first-order valence-electron chi connectivity index (χ1n) is 8.89. The summed E-state index contributed by atoms with van der Waals surface area (Å²) < 4.78 is 0. The lowest BCUT2D eigenvalue weighted by atomic mass is 10.1. The van der Waals surface area contributed by atoms with Crippen molar-refractivity contribution < 1.29 is 32.7 Å². The van der Waals surface area contributed by atoms with E-state index in [1.165, 1.54) is 11.3 Å². The Balaban J connectivity index is 0.00000240. The first-order valence-corrected chi connectivity index (χ1v) is 9.77. The second-order valence-electron chi connectivity index (χ2n) is 6.62. The molecule has 0 unspecified atom stereocenters. The summed E-state index contributed by atoms with van der Waals surface area (Å²) >= 11 is 1.46. The van der Waals surface area contributed by atoms with Gasteiger partial charge in [0.05, 0.1) is 23.4 Å². The minimum Gasteiger partial charge on any atom is -1.00 e. The van der Waals surface area contributed by atoms with E-state index in [9.17, 15) is 15.3 Å². The molecule has 9 nitrogen and oxygen atoms in total. The highest BCUT2D eigenvalue weighted by Gasteiger charge is 2.41. The molecule has 0 bridgehead atoms. The molecule has 0 aliphatic heterocycles. The predicted molar refractivity (Wildman–Crippen MR) is 104 cm³/mol. The third-order valence-corrected chi connectivity index (χ3v) is 5.59. The van der Waals surface area contributed by atoms with Crippen LogP contribution in [0.3, 0.4) is 0 Å². The molecule has 29 heavy (non-hydrogen) atoms. The van der Waals surface area contributed by atoms with Gasteiger partial charge in [-0.25, -0.2) is 15.0 Å². The molecule has 1 aliphatic carbocycles. The van der Waals surface area contributed by atoms with E-state index in [0.29, 0.717) is 23.8 Å². The van der Waals surface area contributed by atoms with Crippen LogP contribution in [0.2, 0.25) is 0 Å². The number of nitrogens with one attached hydrogen (secondary N) is 3. The number of nitrogens with zero attached hydrogens (tertiary/aromatic N) is 3. The second-order valence-corrected chi connectivity index (χ2v) is 7.51. The zero-order valence-corrected chi connectivity index (χ0v) is 16.8. The third kappa shape index (κ3) is 4.62. The van der Waals surface area contributed by atoms with E-state index in [4.69, 9.17) is 0 Å². The molecule has 0 aromatic carbocycles. The summed E-state index contributed by atoms with van der Waals surface area (Å²) in [6.07, 6.45) is 5.40. The van der Waals surface area contributed by atoms with Gasteiger partial charge in [0, 0.05) is 42.4 Å². The van der Waals surface area contributed by atoms with Crippen molar-refractivity contribution in [2.24, 2.45) is 5.92 Å². The van der Waals surface area contributed by atoms with Crippen molar-refractivity contribution in [3.8, 4) is 10.6 Å². The van der Waals surface area contributed by atoms with Crippen molar-refractivity contribution >= 4 is 28.8 Å². The molecule has 4 atom stereocenters. The number of pyridine rings is 1. The average molecular weight is 437 g/mol. The number of aromatic amines is 1. The number of thiazole rings is 1. The first-order chi connectivity index (χ1) is 13.7.